The van der Waals surface area contributed by atoms with Gasteiger partial charge in [0.1, 0.15) is 0 Å². The molecule has 1 unspecified atom stereocenters. The van der Waals surface area contributed by atoms with Crippen molar-refractivity contribution in [1.82, 2.24) is 5.32 Å². The van der Waals surface area contributed by atoms with Crippen molar-refractivity contribution >= 4 is 29.9 Å². The van der Waals surface area contributed by atoms with E-state index in [1.807, 2.05) is 36.1 Å². The first-order chi connectivity index (χ1) is 10.1. The van der Waals surface area contributed by atoms with Crippen molar-refractivity contribution in [3.05, 3.63) is 29.8 Å². The smallest absolute Gasteiger partial charge is 0.227 e. The Morgan fingerprint density at radius 1 is 1.36 bits per heavy atom. The van der Waals surface area contributed by atoms with Crippen molar-refractivity contribution in [2.75, 3.05) is 11.4 Å². The van der Waals surface area contributed by atoms with Crippen LogP contribution in [0.5, 0.6) is 0 Å². The number of anilines is 1. The molecule has 2 rings (SSSR count). The largest absolute Gasteiger partial charge is 0.352 e. The molecule has 22 heavy (non-hydrogen) atoms. The highest BCUT2D eigenvalue weighted by Gasteiger charge is 2.21. The normalized spacial score (nSPS) is 15.4. The minimum Gasteiger partial charge on any atom is -0.352 e. The minimum absolute atomic E-state index is 0. The Kier molecular flexibility index (Phi) is 7.35. The highest BCUT2D eigenvalue weighted by atomic mass is 35.5. The van der Waals surface area contributed by atoms with Gasteiger partial charge in [-0.15, -0.1) is 12.4 Å². The monoisotopic (exact) mass is 325 g/mol. The molecule has 1 aliphatic heterocycles. The predicted molar refractivity (Wildman–Crippen MR) is 90.0 cm³/mol. The Balaban J connectivity index is 0.00000242. The number of benzene rings is 1. The first kappa shape index (κ1) is 18.5. The van der Waals surface area contributed by atoms with Gasteiger partial charge < -0.3 is 16.0 Å². The number of carbonyl (C=O) groups is 2. The standard InChI is InChI=1S/C16H23N3O2.ClH/c1-12(17)4-9-15(20)18-11-13-5-7-14(8-6-13)19-10-2-3-16(19)21;/h5-8,12H,2-4,9-11,17H2,1H3,(H,18,20);1H. The summed E-state index contributed by atoms with van der Waals surface area (Å²) in [5.74, 6) is 0.207. The van der Waals surface area contributed by atoms with Gasteiger partial charge in [0, 0.05) is 37.7 Å². The third-order valence-corrected chi connectivity index (χ3v) is 3.64. The maximum absolute atomic E-state index is 11.7. The van der Waals surface area contributed by atoms with Gasteiger partial charge in [-0.2, -0.15) is 0 Å². The highest BCUT2D eigenvalue weighted by Crippen LogP contribution is 2.21. The van der Waals surface area contributed by atoms with Crippen molar-refractivity contribution < 1.29 is 9.59 Å². The van der Waals surface area contributed by atoms with Gasteiger partial charge in [0.15, 0.2) is 0 Å². The van der Waals surface area contributed by atoms with E-state index in [2.05, 4.69) is 5.32 Å². The predicted octanol–water partition coefficient (Wildman–Crippen LogP) is 1.98. The van der Waals surface area contributed by atoms with Crippen molar-refractivity contribution in [3.8, 4) is 0 Å². The van der Waals surface area contributed by atoms with Gasteiger partial charge in [-0.3, -0.25) is 9.59 Å². The third kappa shape index (κ3) is 5.31. The van der Waals surface area contributed by atoms with Crippen LogP contribution >= 0.6 is 12.4 Å². The number of nitrogens with one attached hydrogen (secondary N) is 1. The number of rotatable bonds is 6. The molecule has 122 valence electrons. The van der Waals surface area contributed by atoms with Crippen LogP contribution in [0.3, 0.4) is 0 Å². The Hall–Kier alpha value is -1.59. The molecule has 0 radical (unpaired) electrons. The van der Waals surface area contributed by atoms with E-state index in [0.717, 1.165) is 24.2 Å². The fourth-order valence-electron chi connectivity index (χ4n) is 2.36. The lowest BCUT2D eigenvalue weighted by Gasteiger charge is -2.16. The van der Waals surface area contributed by atoms with E-state index >= 15 is 0 Å². The minimum atomic E-state index is 0. The molecule has 0 saturated carbocycles. The van der Waals surface area contributed by atoms with E-state index in [1.165, 1.54) is 0 Å². The average Bonchev–Trinajstić information content (AvgIpc) is 2.89. The Morgan fingerprint density at radius 2 is 2.05 bits per heavy atom. The summed E-state index contributed by atoms with van der Waals surface area (Å²) < 4.78 is 0. The lowest BCUT2D eigenvalue weighted by molar-refractivity contribution is -0.121. The van der Waals surface area contributed by atoms with E-state index in [1.54, 1.807) is 0 Å². The fraction of sp³-hybridized carbons (Fsp3) is 0.500. The van der Waals surface area contributed by atoms with Gasteiger partial charge in [0.25, 0.3) is 0 Å². The number of hydrogen-bond donors (Lipinski definition) is 2. The fourth-order valence-corrected chi connectivity index (χ4v) is 2.36. The van der Waals surface area contributed by atoms with E-state index in [-0.39, 0.29) is 30.3 Å². The maximum Gasteiger partial charge on any atom is 0.227 e. The summed E-state index contributed by atoms with van der Waals surface area (Å²) in [5, 5.41) is 2.88. The highest BCUT2D eigenvalue weighted by molar-refractivity contribution is 5.95. The number of nitrogens with two attached hydrogens (primary N) is 1. The zero-order valence-corrected chi connectivity index (χ0v) is 13.7. The Labute approximate surface area is 137 Å². The molecule has 0 aromatic heterocycles. The lowest BCUT2D eigenvalue weighted by Crippen LogP contribution is -2.25. The van der Waals surface area contributed by atoms with Crippen molar-refractivity contribution in [2.24, 2.45) is 5.73 Å². The first-order valence-electron chi connectivity index (χ1n) is 7.48. The molecule has 1 fully saturated rings. The van der Waals surface area contributed by atoms with E-state index in [4.69, 9.17) is 5.73 Å². The van der Waals surface area contributed by atoms with Crippen LogP contribution in [0.15, 0.2) is 24.3 Å². The SMILES string of the molecule is CC(N)CCC(=O)NCc1ccc(N2CCCC2=O)cc1.Cl. The number of carbonyl (C=O) groups excluding carboxylic acids is 2. The molecule has 0 spiro atoms. The van der Waals surface area contributed by atoms with Crippen molar-refractivity contribution in [3.63, 3.8) is 0 Å². The molecule has 3 N–H and O–H groups in total. The summed E-state index contributed by atoms with van der Waals surface area (Å²) in [6.45, 7) is 3.20. The van der Waals surface area contributed by atoms with Gasteiger partial charge >= 0.3 is 0 Å². The molecule has 5 nitrogen and oxygen atoms in total. The third-order valence-electron chi connectivity index (χ3n) is 3.64. The van der Waals surface area contributed by atoms with Crippen LogP contribution in [0.4, 0.5) is 5.69 Å². The van der Waals surface area contributed by atoms with Gasteiger partial charge in [-0.05, 0) is 37.5 Å². The summed E-state index contributed by atoms with van der Waals surface area (Å²) >= 11 is 0. The van der Waals surface area contributed by atoms with E-state index in [0.29, 0.717) is 25.8 Å². The number of halogens is 1. The summed E-state index contributed by atoms with van der Waals surface area (Å²) in [7, 11) is 0. The second-order valence-corrected chi connectivity index (χ2v) is 5.61. The van der Waals surface area contributed by atoms with Crippen molar-refractivity contribution in [2.45, 2.75) is 45.2 Å². The summed E-state index contributed by atoms with van der Waals surface area (Å²) in [5.41, 5.74) is 7.59. The lowest BCUT2D eigenvalue weighted by atomic mass is 10.1. The molecule has 0 bridgehead atoms. The molecule has 6 heteroatoms. The quantitative estimate of drug-likeness (QED) is 0.839. The summed E-state index contributed by atoms with van der Waals surface area (Å²) in [6.07, 6.45) is 2.72. The Bertz CT molecular complexity index is 503. The first-order valence-corrected chi connectivity index (χ1v) is 7.48. The molecule has 1 heterocycles. The second-order valence-electron chi connectivity index (χ2n) is 5.61. The molecular weight excluding hydrogens is 302 g/mol. The zero-order valence-electron chi connectivity index (χ0n) is 12.9. The Morgan fingerprint density at radius 3 is 2.59 bits per heavy atom. The van der Waals surface area contributed by atoms with Gasteiger partial charge in [0.2, 0.25) is 11.8 Å². The molecular formula is C16H24ClN3O2. The number of amides is 2. The van der Waals surface area contributed by atoms with Gasteiger partial charge in [-0.1, -0.05) is 12.1 Å². The average molecular weight is 326 g/mol. The second kappa shape index (κ2) is 8.76. The van der Waals surface area contributed by atoms with Crippen LogP contribution in [-0.2, 0) is 16.1 Å². The summed E-state index contributed by atoms with van der Waals surface area (Å²) in [6, 6.07) is 7.83. The van der Waals surface area contributed by atoms with Crippen molar-refractivity contribution in [1.29, 1.82) is 0 Å². The van der Waals surface area contributed by atoms with Crippen LogP contribution in [0.2, 0.25) is 0 Å². The molecule has 0 aliphatic carbocycles. The van der Waals surface area contributed by atoms with E-state index in [9.17, 15) is 9.59 Å². The molecule has 1 aliphatic rings. The van der Waals surface area contributed by atoms with E-state index < -0.39 is 0 Å². The molecule has 1 aromatic carbocycles. The molecule has 1 aromatic rings. The van der Waals surface area contributed by atoms with Crippen LogP contribution in [0.25, 0.3) is 0 Å². The molecule has 2 amide bonds. The maximum atomic E-state index is 11.7. The van der Waals surface area contributed by atoms with Crippen LogP contribution in [0, 0.1) is 0 Å². The van der Waals surface area contributed by atoms with Crippen LogP contribution < -0.4 is 16.0 Å². The molecule has 1 atom stereocenters. The van der Waals surface area contributed by atoms with Gasteiger partial charge in [0.05, 0.1) is 0 Å². The topological polar surface area (TPSA) is 75.4 Å². The van der Waals surface area contributed by atoms with Gasteiger partial charge in [-0.25, -0.2) is 0 Å². The van der Waals surface area contributed by atoms with Crippen LogP contribution in [0.1, 0.15) is 38.2 Å². The number of hydrogen-bond acceptors (Lipinski definition) is 3. The van der Waals surface area contributed by atoms with Crippen LogP contribution in [-0.4, -0.2) is 24.4 Å². The zero-order chi connectivity index (χ0) is 15.2. The number of nitrogens with zero attached hydrogens (tertiary/aromatic N) is 1. The molecule has 1 saturated heterocycles. The summed E-state index contributed by atoms with van der Waals surface area (Å²) in [4.78, 5) is 25.1.